The molecule has 0 amide bonds. The predicted octanol–water partition coefficient (Wildman–Crippen LogP) is 5.33. The summed E-state index contributed by atoms with van der Waals surface area (Å²) in [6.45, 7) is 6.75. The van der Waals surface area contributed by atoms with Crippen molar-refractivity contribution in [2.75, 3.05) is 5.32 Å². The maximum atomic E-state index is 12.5. The molecule has 2 atom stereocenters. The summed E-state index contributed by atoms with van der Waals surface area (Å²) < 4.78 is 37.5. The van der Waals surface area contributed by atoms with E-state index in [9.17, 15) is 13.2 Å². The van der Waals surface area contributed by atoms with E-state index in [1.807, 2.05) is 0 Å². The summed E-state index contributed by atoms with van der Waals surface area (Å²) in [4.78, 5) is 0. The average Bonchev–Trinajstić information content (AvgIpc) is 2.25. The van der Waals surface area contributed by atoms with Crippen LogP contribution in [-0.4, -0.2) is 6.04 Å². The van der Waals surface area contributed by atoms with Gasteiger partial charge < -0.3 is 5.32 Å². The molecule has 1 aromatic rings. The highest BCUT2D eigenvalue weighted by Crippen LogP contribution is 2.39. The summed E-state index contributed by atoms with van der Waals surface area (Å²) in [5, 5.41) is 3.38. The van der Waals surface area contributed by atoms with Crippen molar-refractivity contribution < 1.29 is 13.2 Å². The molecule has 0 aromatic heterocycles. The SMILES string of the molecule is CC1CC(Nc2ccc(C(F)(F)F)cc2)CC(C)(C)C1. The molecule has 1 aromatic carbocycles. The van der Waals surface area contributed by atoms with Gasteiger partial charge in [0.25, 0.3) is 0 Å². The summed E-state index contributed by atoms with van der Waals surface area (Å²) in [6.07, 6.45) is -0.930. The first-order chi connectivity index (χ1) is 9.16. The fourth-order valence-corrected chi connectivity index (χ4v) is 3.45. The van der Waals surface area contributed by atoms with Crippen LogP contribution in [0.2, 0.25) is 0 Å². The van der Waals surface area contributed by atoms with Gasteiger partial charge in [-0.25, -0.2) is 0 Å². The summed E-state index contributed by atoms with van der Waals surface area (Å²) in [7, 11) is 0. The molecule has 0 spiro atoms. The molecule has 0 saturated heterocycles. The van der Waals surface area contributed by atoms with Crippen molar-refractivity contribution in [2.24, 2.45) is 11.3 Å². The summed E-state index contributed by atoms with van der Waals surface area (Å²) in [6, 6.07) is 5.66. The third kappa shape index (κ3) is 3.90. The third-order valence-electron chi connectivity index (χ3n) is 3.97. The van der Waals surface area contributed by atoms with Crippen molar-refractivity contribution in [1.29, 1.82) is 0 Å². The molecule has 112 valence electrons. The molecule has 1 N–H and O–H groups in total. The Balaban J connectivity index is 2.03. The van der Waals surface area contributed by atoms with Crippen LogP contribution in [0.5, 0.6) is 0 Å². The first-order valence-electron chi connectivity index (χ1n) is 7.09. The van der Waals surface area contributed by atoms with E-state index in [1.54, 1.807) is 0 Å². The molecule has 20 heavy (non-hydrogen) atoms. The second-order valence-electron chi connectivity index (χ2n) is 6.83. The second-order valence-corrected chi connectivity index (χ2v) is 6.83. The van der Waals surface area contributed by atoms with Crippen LogP contribution in [0.25, 0.3) is 0 Å². The van der Waals surface area contributed by atoms with Crippen molar-refractivity contribution in [3.63, 3.8) is 0 Å². The number of alkyl halides is 3. The van der Waals surface area contributed by atoms with Crippen LogP contribution in [0.15, 0.2) is 24.3 Å². The highest BCUT2D eigenvalue weighted by Gasteiger charge is 2.32. The minimum absolute atomic E-state index is 0.293. The molecular formula is C16H22F3N. The van der Waals surface area contributed by atoms with Crippen molar-refractivity contribution in [3.8, 4) is 0 Å². The molecule has 1 saturated carbocycles. The monoisotopic (exact) mass is 285 g/mol. The zero-order valence-electron chi connectivity index (χ0n) is 12.2. The molecule has 2 unspecified atom stereocenters. The first-order valence-corrected chi connectivity index (χ1v) is 7.09. The fraction of sp³-hybridized carbons (Fsp3) is 0.625. The van der Waals surface area contributed by atoms with Crippen molar-refractivity contribution in [1.82, 2.24) is 0 Å². The smallest absolute Gasteiger partial charge is 0.382 e. The van der Waals surface area contributed by atoms with Gasteiger partial charge in [0.15, 0.2) is 0 Å². The topological polar surface area (TPSA) is 12.0 Å². The largest absolute Gasteiger partial charge is 0.416 e. The van der Waals surface area contributed by atoms with E-state index in [2.05, 4.69) is 26.1 Å². The van der Waals surface area contributed by atoms with E-state index < -0.39 is 11.7 Å². The van der Waals surface area contributed by atoms with E-state index in [1.165, 1.54) is 18.6 Å². The normalized spacial score (nSPS) is 26.3. The van der Waals surface area contributed by atoms with Crippen LogP contribution in [0.1, 0.15) is 45.6 Å². The quantitative estimate of drug-likeness (QED) is 0.774. The van der Waals surface area contributed by atoms with Crippen LogP contribution in [0, 0.1) is 11.3 Å². The zero-order valence-corrected chi connectivity index (χ0v) is 12.2. The van der Waals surface area contributed by atoms with Crippen LogP contribution in [0.3, 0.4) is 0 Å². The maximum absolute atomic E-state index is 12.5. The Morgan fingerprint density at radius 2 is 1.70 bits per heavy atom. The van der Waals surface area contributed by atoms with E-state index in [0.29, 0.717) is 17.4 Å². The molecular weight excluding hydrogens is 263 g/mol. The van der Waals surface area contributed by atoms with Gasteiger partial charge in [-0.1, -0.05) is 20.8 Å². The molecule has 0 heterocycles. The Kier molecular flexibility index (Phi) is 4.03. The van der Waals surface area contributed by atoms with E-state index in [-0.39, 0.29) is 0 Å². The Morgan fingerprint density at radius 3 is 2.20 bits per heavy atom. The van der Waals surface area contributed by atoms with Gasteiger partial charge >= 0.3 is 6.18 Å². The number of nitrogens with one attached hydrogen (secondary N) is 1. The molecule has 0 bridgehead atoms. The molecule has 1 nitrogen and oxygen atoms in total. The number of hydrogen-bond donors (Lipinski definition) is 1. The Bertz CT molecular complexity index is 448. The van der Waals surface area contributed by atoms with Gasteiger partial charge in [0.2, 0.25) is 0 Å². The van der Waals surface area contributed by atoms with Gasteiger partial charge in [-0.3, -0.25) is 0 Å². The maximum Gasteiger partial charge on any atom is 0.416 e. The predicted molar refractivity (Wildman–Crippen MR) is 75.7 cm³/mol. The van der Waals surface area contributed by atoms with Crippen LogP contribution in [0.4, 0.5) is 18.9 Å². The molecule has 0 aliphatic heterocycles. The fourth-order valence-electron chi connectivity index (χ4n) is 3.45. The van der Waals surface area contributed by atoms with Crippen molar-refractivity contribution in [2.45, 2.75) is 52.3 Å². The molecule has 4 heteroatoms. The highest BCUT2D eigenvalue weighted by molar-refractivity contribution is 5.46. The Morgan fingerprint density at radius 1 is 1.10 bits per heavy atom. The van der Waals surface area contributed by atoms with Crippen molar-refractivity contribution in [3.05, 3.63) is 29.8 Å². The van der Waals surface area contributed by atoms with Crippen LogP contribution < -0.4 is 5.32 Å². The highest BCUT2D eigenvalue weighted by atomic mass is 19.4. The lowest BCUT2D eigenvalue weighted by atomic mass is 9.70. The number of halogens is 3. The number of rotatable bonds is 2. The van der Waals surface area contributed by atoms with Gasteiger partial charge in [0.1, 0.15) is 0 Å². The van der Waals surface area contributed by atoms with Gasteiger partial charge in [-0.15, -0.1) is 0 Å². The Hall–Kier alpha value is -1.19. The lowest BCUT2D eigenvalue weighted by Crippen LogP contribution is -2.35. The standard InChI is InChI=1S/C16H22F3N/c1-11-8-14(10-15(2,3)9-11)20-13-6-4-12(5-7-13)16(17,18)19/h4-7,11,14,20H,8-10H2,1-3H3. The van der Waals surface area contributed by atoms with E-state index >= 15 is 0 Å². The molecule has 1 fully saturated rings. The van der Waals surface area contributed by atoms with Crippen molar-refractivity contribution >= 4 is 5.69 Å². The molecule has 0 radical (unpaired) electrons. The summed E-state index contributed by atoms with van der Waals surface area (Å²) in [5.74, 6) is 0.644. The van der Waals surface area contributed by atoms with E-state index in [4.69, 9.17) is 0 Å². The van der Waals surface area contributed by atoms with Crippen LogP contribution in [-0.2, 0) is 6.18 Å². The van der Waals surface area contributed by atoms with Gasteiger partial charge in [-0.2, -0.15) is 13.2 Å². The van der Waals surface area contributed by atoms with Gasteiger partial charge in [0, 0.05) is 11.7 Å². The first kappa shape index (κ1) is 15.2. The zero-order chi connectivity index (χ0) is 15.0. The second kappa shape index (κ2) is 5.30. The third-order valence-corrected chi connectivity index (χ3v) is 3.97. The summed E-state index contributed by atoms with van der Waals surface area (Å²) >= 11 is 0. The number of benzene rings is 1. The lowest BCUT2D eigenvalue weighted by molar-refractivity contribution is -0.137. The van der Waals surface area contributed by atoms with Gasteiger partial charge in [0.05, 0.1) is 5.56 Å². The van der Waals surface area contributed by atoms with E-state index in [0.717, 1.165) is 30.7 Å². The summed E-state index contributed by atoms with van der Waals surface area (Å²) in [5.41, 5.74) is 0.467. The van der Waals surface area contributed by atoms with Crippen LogP contribution >= 0.6 is 0 Å². The lowest BCUT2D eigenvalue weighted by Gasteiger charge is -2.39. The van der Waals surface area contributed by atoms with Gasteiger partial charge in [-0.05, 0) is 54.9 Å². The minimum atomic E-state index is -4.26. The minimum Gasteiger partial charge on any atom is -0.382 e. The number of anilines is 1. The Labute approximate surface area is 118 Å². The average molecular weight is 285 g/mol. The number of hydrogen-bond acceptors (Lipinski definition) is 1. The molecule has 2 rings (SSSR count). The molecule has 1 aliphatic carbocycles. The molecule has 1 aliphatic rings.